The van der Waals surface area contributed by atoms with Gasteiger partial charge in [-0.1, -0.05) is 11.6 Å². The summed E-state index contributed by atoms with van der Waals surface area (Å²) in [7, 11) is 0. The van der Waals surface area contributed by atoms with Crippen LogP contribution in [0.1, 0.15) is 10.4 Å². The molecule has 0 saturated heterocycles. The molecular weight excluding hydrogens is 332 g/mol. The molecule has 0 heterocycles. The van der Waals surface area contributed by atoms with E-state index in [1.54, 1.807) is 30.3 Å². The average molecular weight is 342 g/mol. The average Bonchev–Trinajstić information content (AvgIpc) is 2.34. The molecule has 2 rings (SSSR count). The number of carbonyl (C=O) groups is 1. The molecule has 0 aromatic heterocycles. The predicted octanol–water partition coefficient (Wildman–Crippen LogP) is 4.13. The molecule has 4 N–H and O–H groups in total. The fourth-order valence-electron chi connectivity index (χ4n) is 1.57. The number of aromatic carboxylic acids is 1. The SMILES string of the molecule is Nc1ccc(Nc2ccc(Cl)cc2Br)cc1C(=O)O. The molecule has 98 valence electrons. The van der Waals surface area contributed by atoms with E-state index in [2.05, 4.69) is 21.2 Å². The van der Waals surface area contributed by atoms with Crippen molar-refractivity contribution in [1.82, 2.24) is 0 Å². The van der Waals surface area contributed by atoms with E-state index in [0.717, 1.165) is 10.2 Å². The molecule has 0 saturated carbocycles. The quantitative estimate of drug-likeness (QED) is 0.734. The Balaban J connectivity index is 2.33. The first-order valence-corrected chi connectivity index (χ1v) is 6.49. The Hall–Kier alpha value is -1.72. The standard InChI is InChI=1S/C13H10BrClN2O2/c14-10-5-7(15)1-4-12(10)17-8-2-3-11(16)9(6-8)13(18)19/h1-6,17H,16H2,(H,18,19). The van der Waals surface area contributed by atoms with Gasteiger partial charge in [-0.25, -0.2) is 4.79 Å². The number of rotatable bonds is 3. The number of nitrogens with one attached hydrogen (secondary N) is 1. The lowest BCUT2D eigenvalue weighted by Gasteiger charge is -2.10. The monoisotopic (exact) mass is 340 g/mol. The van der Waals surface area contributed by atoms with Crippen LogP contribution in [0, 0.1) is 0 Å². The maximum absolute atomic E-state index is 11.0. The van der Waals surface area contributed by atoms with Crippen molar-refractivity contribution in [2.75, 3.05) is 11.1 Å². The summed E-state index contributed by atoms with van der Waals surface area (Å²) in [6, 6.07) is 10.0. The molecule has 0 aliphatic rings. The number of hydrogen-bond acceptors (Lipinski definition) is 3. The Labute approximate surface area is 123 Å². The van der Waals surface area contributed by atoms with Gasteiger partial charge in [0, 0.05) is 20.9 Å². The van der Waals surface area contributed by atoms with Crippen LogP contribution in [-0.2, 0) is 0 Å². The molecule has 19 heavy (non-hydrogen) atoms. The summed E-state index contributed by atoms with van der Waals surface area (Å²) in [5.74, 6) is -1.06. The highest BCUT2D eigenvalue weighted by molar-refractivity contribution is 9.10. The van der Waals surface area contributed by atoms with Crippen molar-refractivity contribution in [1.29, 1.82) is 0 Å². The molecule has 0 radical (unpaired) electrons. The molecule has 4 nitrogen and oxygen atoms in total. The fourth-order valence-corrected chi connectivity index (χ4v) is 2.35. The molecular formula is C13H10BrClN2O2. The fraction of sp³-hybridized carbons (Fsp3) is 0. The van der Waals surface area contributed by atoms with Gasteiger partial charge in [-0.3, -0.25) is 0 Å². The molecule has 0 spiro atoms. The third-order valence-electron chi connectivity index (χ3n) is 2.49. The van der Waals surface area contributed by atoms with Gasteiger partial charge in [0.05, 0.1) is 11.3 Å². The highest BCUT2D eigenvalue weighted by atomic mass is 79.9. The van der Waals surface area contributed by atoms with Gasteiger partial charge in [0.1, 0.15) is 0 Å². The lowest BCUT2D eigenvalue weighted by Crippen LogP contribution is -2.03. The number of nitrogens with two attached hydrogens (primary N) is 1. The zero-order valence-electron chi connectivity index (χ0n) is 9.65. The number of carboxylic acids is 1. The topological polar surface area (TPSA) is 75.3 Å². The summed E-state index contributed by atoms with van der Waals surface area (Å²) >= 11 is 9.23. The Kier molecular flexibility index (Phi) is 3.97. The van der Waals surface area contributed by atoms with Gasteiger partial charge in [-0.05, 0) is 52.3 Å². The molecule has 0 bridgehead atoms. The van der Waals surface area contributed by atoms with Crippen LogP contribution in [-0.4, -0.2) is 11.1 Å². The third-order valence-corrected chi connectivity index (χ3v) is 3.39. The molecule has 0 atom stereocenters. The normalized spacial score (nSPS) is 10.2. The molecule has 0 fully saturated rings. The molecule has 2 aromatic rings. The van der Waals surface area contributed by atoms with Crippen molar-refractivity contribution in [3.05, 3.63) is 51.5 Å². The van der Waals surface area contributed by atoms with Gasteiger partial charge in [0.25, 0.3) is 0 Å². The molecule has 0 unspecified atom stereocenters. The van der Waals surface area contributed by atoms with Crippen molar-refractivity contribution < 1.29 is 9.90 Å². The van der Waals surface area contributed by atoms with Crippen LogP contribution >= 0.6 is 27.5 Å². The van der Waals surface area contributed by atoms with E-state index in [4.69, 9.17) is 22.4 Å². The summed E-state index contributed by atoms with van der Waals surface area (Å²) in [6.07, 6.45) is 0. The van der Waals surface area contributed by atoms with Crippen molar-refractivity contribution >= 4 is 50.6 Å². The minimum absolute atomic E-state index is 0.0649. The van der Waals surface area contributed by atoms with Crippen LogP contribution < -0.4 is 11.1 Å². The molecule has 6 heteroatoms. The second-order valence-electron chi connectivity index (χ2n) is 3.86. The highest BCUT2D eigenvalue weighted by Crippen LogP contribution is 2.29. The van der Waals surface area contributed by atoms with E-state index in [1.165, 1.54) is 6.07 Å². The zero-order chi connectivity index (χ0) is 14.0. The number of hydrogen-bond donors (Lipinski definition) is 3. The second-order valence-corrected chi connectivity index (χ2v) is 5.15. The van der Waals surface area contributed by atoms with Gasteiger partial charge < -0.3 is 16.2 Å². The lowest BCUT2D eigenvalue weighted by molar-refractivity contribution is 0.0698. The summed E-state index contributed by atoms with van der Waals surface area (Å²) in [5, 5.41) is 12.7. The molecule has 0 aliphatic carbocycles. The molecule has 0 aliphatic heterocycles. The highest BCUT2D eigenvalue weighted by Gasteiger charge is 2.09. The molecule has 0 amide bonds. The number of anilines is 3. The maximum atomic E-state index is 11.0. The largest absolute Gasteiger partial charge is 0.478 e. The van der Waals surface area contributed by atoms with Crippen LogP contribution in [0.2, 0.25) is 5.02 Å². The van der Waals surface area contributed by atoms with Crippen LogP contribution in [0.25, 0.3) is 0 Å². The summed E-state index contributed by atoms with van der Waals surface area (Å²) in [5.41, 5.74) is 7.31. The summed E-state index contributed by atoms with van der Waals surface area (Å²) in [6.45, 7) is 0. The maximum Gasteiger partial charge on any atom is 0.337 e. The number of halogens is 2. The summed E-state index contributed by atoms with van der Waals surface area (Å²) in [4.78, 5) is 11.0. The second kappa shape index (κ2) is 5.50. The number of nitrogen functional groups attached to an aromatic ring is 1. The first-order valence-electron chi connectivity index (χ1n) is 5.32. The van der Waals surface area contributed by atoms with Gasteiger partial charge in [-0.15, -0.1) is 0 Å². The first-order chi connectivity index (χ1) is 8.97. The predicted molar refractivity (Wildman–Crippen MR) is 80.2 cm³/mol. The van der Waals surface area contributed by atoms with E-state index >= 15 is 0 Å². The Bertz CT molecular complexity index is 647. The minimum atomic E-state index is -1.06. The third kappa shape index (κ3) is 3.19. The summed E-state index contributed by atoms with van der Waals surface area (Å²) < 4.78 is 0.786. The van der Waals surface area contributed by atoms with Crippen LogP contribution in [0.15, 0.2) is 40.9 Å². The van der Waals surface area contributed by atoms with Crippen LogP contribution in [0.5, 0.6) is 0 Å². The van der Waals surface area contributed by atoms with E-state index in [1.807, 2.05) is 0 Å². The Morgan fingerprint density at radius 3 is 2.63 bits per heavy atom. The van der Waals surface area contributed by atoms with Gasteiger partial charge >= 0.3 is 5.97 Å². The van der Waals surface area contributed by atoms with Crippen molar-refractivity contribution in [3.63, 3.8) is 0 Å². The smallest absolute Gasteiger partial charge is 0.337 e. The lowest BCUT2D eigenvalue weighted by atomic mass is 10.1. The van der Waals surface area contributed by atoms with E-state index in [-0.39, 0.29) is 11.3 Å². The van der Waals surface area contributed by atoms with Crippen LogP contribution in [0.4, 0.5) is 17.1 Å². The Morgan fingerprint density at radius 2 is 2.00 bits per heavy atom. The number of carboxylic acid groups (broad SMARTS) is 1. The zero-order valence-corrected chi connectivity index (χ0v) is 12.0. The van der Waals surface area contributed by atoms with Crippen LogP contribution in [0.3, 0.4) is 0 Å². The van der Waals surface area contributed by atoms with Gasteiger partial charge in [0.15, 0.2) is 0 Å². The van der Waals surface area contributed by atoms with E-state index < -0.39 is 5.97 Å². The van der Waals surface area contributed by atoms with Gasteiger partial charge in [-0.2, -0.15) is 0 Å². The van der Waals surface area contributed by atoms with Crippen molar-refractivity contribution in [2.45, 2.75) is 0 Å². The minimum Gasteiger partial charge on any atom is -0.478 e. The van der Waals surface area contributed by atoms with Gasteiger partial charge in [0.2, 0.25) is 0 Å². The van der Waals surface area contributed by atoms with E-state index in [0.29, 0.717) is 10.7 Å². The van der Waals surface area contributed by atoms with Crippen molar-refractivity contribution in [3.8, 4) is 0 Å². The first kappa shape index (κ1) is 13.7. The Morgan fingerprint density at radius 1 is 1.26 bits per heavy atom. The van der Waals surface area contributed by atoms with Crippen molar-refractivity contribution in [2.24, 2.45) is 0 Å². The number of benzene rings is 2. The van der Waals surface area contributed by atoms with E-state index in [9.17, 15) is 4.79 Å². The molecule has 2 aromatic carbocycles.